The van der Waals surface area contributed by atoms with Gasteiger partial charge < -0.3 is 5.32 Å². The van der Waals surface area contributed by atoms with Gasteiger partial charge in [0.15, 0.2) is 11.6 Å². The molecule has 0 saturated heterocycles. The van der Waals surface area contributed by atoms with Crippen molar-refractivity contribution in [1.82, 2.24) is 13.9 Å². The number of nitrogens with zero attached hydrogens (tertiary/aromatic N) is 3. The van der Waals surface area contributed by atoms with Crippen molar-refractivity contribution in [3.63, 3.8) is 0 Å². The minimum Gasteiger partial charge on any atom is -0.366 e. The van der Waals surface area contributed by atoms with Crippen LogP contribution in [0.3, 0.4) is 0 Å². The summed E-state index contributed by atoms with van der Waals surface area (Å²) in [5, 5.41) is 4.96. The molecule has 1 atom stereocenters. The van der Waals surface area contributed by atoms with Crippen LogP contribution in [0.4, 0.5) is 14.6 Å². The Bertz CT molecular complexity index is 1930. The molecule has 0 spiro atoms. The molecule has 2 heterocycles. The van der Waals surface area contributed by atoms with E-state index in [4.69, 9.17) is 21.6 Å². The molecule has 5 aromatic rings. The zero-order valence-electron chi connectivity index (χ0n) is 22.2. The third-order valence-corrected chi connectivity index (χ3v) is 10.5. The van der Waals surface area contributed by atoms with Crippen LogP contribution in [0.1, 0.15) is 37.7 Å². The van der Waals surface area contributed by atoms with E-state index in [-0.39, 0.29) is 33.2 Å². The lowest BCUT2D eigenvalue weighted by molar-refractivity contribution is 0.157. The van der Waals surface area contributed by atoms with Crippen molar-refractivity contribution in [3.05, 3.63) is 83.0 Å². The number of rotatable bonds is 5. The maximum Gasteiger partial charge on any atom is 0.268 e. The van der Waals surface area contributed by atoms with Gasteiger partial charge in [-0.2, -0.15) is 0 Å². The second kappa shape index (κ2) is 9.77. The molecule has 210 valence electrons. The van der Waals surface area contributed by atoms with E-state index < -0.39 is 21.7 Å². The number of aromatic nitrogens is 3. The highest BCUT2D eigenvalue weighted by atomic mass is 35.5. The van der Waals surface area contributed by atoms with Crippen LogP contribution in [0.25, 0.3) is 33.2 Å². The number of fused-ring (bicyclic) bond motifs is 5. The first-order valence-electron chi connectivity index (χ1n) is 13.7. The van der Waals surface area contributed by atoms with Gasteiger partial charge in [0, 0.05) is 39.7 Å². The van der Waals surface area contributed by atoms with Crippen molar-refractivity contribution < 1.29 is 17.2 Å². The lowest BCUT2D eigenvalue weighted by Gasteiger charge is -2.43. The number of anilines is 1. The molecule has 3 saturated carbocycles. The molecule has 3 aliphatic rings. The van der Waals surface area contributed by atoms with Crippen molar-refractivity contribution in [1.29, 1.82) is 0 Å². The van der Waals surface area contributed by atoms with E-state index in [2.05, 4.69) is 5.32 Å². The van der Waals surface area contributed by atoms with Gasteiger partial charge in [-0.25, -0.2) is 31.1 Å². The average Bonchev–Trinajstić information content (AvgIpc) is 3.34. The highest BCUT2D eigenvalue weighted by Gasteiger charge is 2.36. The first kappa shape index (κ1) is 26.3. The molecule has 8 rings (SSSR count). The Morgan fingerprint density at radius 3 is 2.41 bits per heavy atom. The SMILES string of the molecule is Cc1ccc(S(=O)(=O)n2cc(-c3nc(NC4CC5CCC4CC5)c4ccc(Cl)cc4n3)c3cc(F)cc(F)c32)cc1. The zero-order chi connectivity index (χ0) is 28.5. The molecule has 41 heavy (non-hydrogen) atoms. The molecule has 2 aromatic heterocycles. The average molecular weight is 593 g/mol. The Morgan fingerprint density at radius 1 is 0.951 bits per heavy atom. The summed E-state index contributed by atoms with van der Waals surface area (Å²) in [4.78, 5) is 9.54. The summed E-state index contributed by atoms with van der Waals surface area (Å²) in [5.41, 5.74) is 1.36. The minimum atomic E-state index is -4.23. The second-order valence-corrected chi connectivity index (χ2v) is 13.5. The van der Waals surface area contributed by atoms with E-state index in [9.17, 15) is 12.8 Å². The first-order valence-corrected chi connectivity index (χ1v) is 15.6. The zero-order valence-corrected chi connectivity index (χ0v) is 23.8. The summed E-state index contributed by atoms with van der Waals surface area (Å²) < 4.78 is 58.2. The lowest BCUT2D eigenvalue weighted by Crippen LogP contribution is -2.40. The van der Waals surface area contributed by atoms with Crippen LogP contribution >= 0.6 is 11.6 Å². The highest BCUT2D eigenvalue weighted by molar-refractivity contribution is 7.90. The number of hydrogen-bond acceptors (Lipinski definition) is 5. The Hall–Kier alpha value is -3.56. The molecule has 3 fully saturated rings. The summed E-state index contributed by atoms with van der Waals surface area (Å²) in [5.74, 6) is 0.153. The van der Waals surface area contributed by atoms with E-state index in [1.807, 2.05) is 13.0 Å². The number of halogens is 3. The van der Waals surface area contributed by atoms with E-state index in [1.165, 1.54) is 44.0 Å². The molecule has 1 unspecified atom stereocenters. The third kappa shape index (κ3) is 4.55. The van der Waals surface area contributed by atoms with E-state index in [1.54, 1.807) is 24.3 Å². The van der Waals surface area contributed by atoms with Crippen LogP contribution < -0.4 is 5.32 Å². The predicted molar refractivity (Wildman–Crippen MR) is 157 cm³/mol. The highest BCUT2D eigenvalue weighted by Crippen LogP contribution is 2.43. The first-order chi connectivity index (χ1) is 19.7. The maximum atomic E-state index is 15.3. The molecule has 3 aromatic carbocycles. The van der Waals surface area contributed by atoms with E-state index >= 15 is 4.39 Å². The minimum absolute atomic E-state index is 0.0174. The molecule has 10 heteroatoms. The van der Waals surface area contributed by atoms with Gasteiger partial charge in [-0.05, 0) is 74.4 Å². The quantitative estimate of drug-likeness (QED) is 0.226. The number of aryl methyl sites for hydroxylation is 1. The molecule has 6 nitrogen and oxygen atoms in total. The summed E-state index contributed by atoms with van der Waals surface area (Å²) in [6, 6.07) is 13.7. The molecule has 0 radical (unpaired) electrons. The molecule has 0 amide bonds. The molecule has 1 N–H and O–H groups in total. The van der Waals surface area contributed by atoms with Gasteiger partial charge in [0.2, 0.25) is 0 Å². The Balaban J connectivity index is 1.43. The summed E-state index contributed by atoms with van der Waals surface area (Å²) in [6.07, 6.45) is 7.19. The van der Waals surface area contributed by atoms with Gasteiger partial charge >= 0.3 is 0 Å². The largest absolute Gasteiger partial charge is 0.366 e. The van der Waals surface area contributed by atoms with Crippen LogP contribution in [0.5, 0.6) is 0 Å². The van der Waals surface area contributed by atoms with Gasteiger partial charge in [0.05, 0.1) is 10.4 Å². The normalized spacial score (nSPS) is 20.6. The fourth-order valence-electron chi connectivity index (χ4n) is 6.50. The van der Waals surface area contributed by atoms with Gasteiger partial charge in [-0.15, -0.1) is 0 Å². The van der Waals surface area contributed by atoms with E-state index in [0.29, 0.717) is 34.3 Å². The van der Waals surface area contributed by atoms with Crippen LogP contribution in [0.15, 0.2) is 65.7 Å². The van der Waals surface area contributed by atoms with Gasteiger partial charge in [0.25, 0.3) is 10.0 Å². The standard InChI is InChI=1S/C31H27ClF2N4O2S/c1-17-2-9-22(10-3-17)41(39,40)38-16-25(24-14-21(33)15-26(34)29(24)38)31-36-28-13-20(32)8-11-23(28)30(37-31)35-27-12-18-4-6-19(27)7-5-18/h2-3,8-11,13-16,18-19,27H,4-7,12H2,1H3,(H,35,36,37). The number of hydrogen-bond donors (Lipinski definition) is 1. The van der Waals surface area contributed by atoms with Crippen LogP contribution in [-0.2, 0) is 10.0 Å². The second-order valence-electron chi connectivity index (χ2n) is 11.3. The summed E-state index contributed by atoms with van der Waals surface area (Å²) in [7, 11) is -4.23. The Morgan fingerprint density at radius 2 is 1.71 bits per heavy atom. The predicted octanol–water partition coefficient (Wildman–Crippen LogP) is 7.72. The van der Waals surface area contributed by atoms with Crippen molar-refractivity contribution in [2.45, 2.75) is 50.0 Å². The monoisotopic (exact) mass is 592 g/mol. The fraction of sp³-hybridized carbons (Fsp3) is 0.290. The molecule has 0 aliphatic heterocycles. The topological polar surface area (TPSA) is 76.9 Å². The van der Waals surface area contributed by atoms with Crippen LogP contribution in [0.2, 0.25) is 5.02 Å². The van der Waals surface area contributed by atoms with Crippen molar-refractivity contribution in [2.75, 3.05) is 5.32 Å². The maximum absolute atomic E-state index is 15.3. The molecular weight excluding hydrogens is 566 g/mol. The van der Waals surface area contributed by atoms with Gasteiger partial charge in [0.1, 0.15) is 17.2 Å². The fourth-order valence-corrected chi connectivity index (χ4v) is 8.05. The van der Waals surface area contributed by atoms with Crippen molar-refractivity contribution in [2.24, 2.45) is 11.8 Å². The number of benzene rings is 3. The van der Waals surface area contributed by atoms with Crippen LogP contribution in [0, 0.1) is 30.4 Å². The number of nitrogens with one attached hydrogen (secondary N) is 1. The smallest absolute Gasteiger partial charge is 0.268 e. The third-order valence-electron chi connectivity index (χ3n) is 8.63. The van der Waals surface area contributed by atoms with Crippen molar-refractivity contribution >= 4 is 49.2 Å². The van der Waals surface area contributed by atoms with Crippen LogP contribution in [-0.4, -0.2) is 28.4 Å². The lowest BCUT2D eigenvalue weighted by atomic mass is 9.68. The van der Waals surface area contributed by atoms with E-state index in [0.717, 1.165) is 27.4 Å². The van der Waals surface area contributed by atoms with Gasteiger partial charge in [-0.1, -0.05) is 42.1 Å². The molecule has 3 aliphatic carbocycles. The Kier molecular flexibility index (Phi) is 6.28. The summed E-state index contributed by atoms with van der Waals surface area (Å²) >= 11 is 6.33. The molecule has 2 bridgehead atoms. The van der Waals surface area contributed by atoms with Gasteiger partial charge in [-0.3, -0.25) is 0 Å². The Labute approximate surface area is 241 Å². The summed E-state index contributed by atoms with van der Waals surface area (Å²) in [6.45, 7) is 1.84. The molecular formula is C31H27ClF2N4O2S. The van der Waals surface area contributed by atoms with Crippen molar-refractivity contribution in [3.8, 4) is 11.4 Å².